The number of carbonyl (C=O) groups excluding carboxylic acids is 1. The van der Waals surface area contributed by atoms with Gasteiger partial charge in [-0.15, -0.1) is 11.3 Å². The van der Waals surface area contributed by atoms with Gasteiger partial charge in [-0.1, -0.05) is 48.5 Å². The first-order valence-electron chi connectivity index (χ1n) is 7.73. The van der Waals surface area contributed by atoms with E-state index in [1.165, 1.54) is 11.3 Å². The van der Waals surface area contributed by atoms with Crippen molar-refractivity contribution in [2.24, 2.45) is 0 Å². The number of benzene rings is 2. The number of nitrogens with one attached hydrogen (secondary N) is 2. The third kappa shape index (κ3) is 3.20. The predicted octanol–water partition coefficient (Wildman–Crippen LogP) is 4.45. The molecule has 0 atom stereocenters. The van der Waals surface area contributed by atoms with Crippen LogP contribution in [-0.2, 0) is 0 Å². The van der Waals surface area contributed by atoms with Crippen LogP contribution in [0.5, 0.6) is 0 Å². The van der Waals surface area contributed by atoms with Gasteiger partial charge in [-0.2, -0.15) is 5.10 Å². The number of carbonyl (C=O) groups is 1. The Bertz CT molecular complexity index is 993. The minimum absolute atomic E-state index is 0.134. The van der Waals surface area contributed by atoms with Crippen molar-refractivity contribution < 1.29 is 4.79 Å². The molecular weight excluding hydrogens is 332 g/mol. The second kappa shape index (κ2) is 6.70. The molecule has 0 radical (unpaired) electrons. The minimum atomic E-state index is -0.134. The summed E-state index contributed by atoms with van der Waals surface area (Å²) >= 11 is 1.41. The average molecular weight is 346 g/mol. The number of aromatic nitrogens is 3. The number of para-hydroxylation sites is 1. The lowest BCUT2D eigenvalue weighted by atomic mass is 10.1. The number of amides is 1. The standard InChI is InChI=1S/C19H14N4OS/c24-19(16-11-6-12-25-16)20-15-10-5-4-9-14(15)18-21-17(22-23-18)13-7-2-1-3-8-13/h1-12H,(H,20,24)(H,21,22,23). The van der Waals surface area contributed by atoms with Gasteiger partial charge in [0.2, 0.25) is 0 Å². The molecule has 0 saturated heterocycles. The third-order valence-corrected chi connectivity index (χ3v) is 4.56. The van der Waals surface area contributed by atoms with E-state index in [4.69, 9.17) is 0 Å². The van der Waals surface area contributed by atoms with Crippen molar-refractivity contribution in [1.82, 2.24) is 15.2 Å². The van der Waals surface area contributed by atoms with Gasteiger partial charge < -0.3 is 5.32 Å². The number of H-pyrrole nitrogens is 1. The molecule has 0 saturated carbocycles. The van der Waals surface area contributed by atoms with Crippen LogP contribution in [0, 0.1) is 0 Å². The van der Waals surface area contributed by atoms with Crippen molar-refractivity contribution in [3.05, 3.63) is 77.0 Å². The molecule has 2 aromatic heterocycles. The lowest BCUT2D eigenvalue weighted by Crippen LogP contribution is -2.11. The van der Waals surface area contributed by atoms with Crippen LogP contribution in [-0.4, -0.2) is 21.1 Å². The fraction of sp³-hybridized carbons (Fsp3) is 0. The number of rotatable bonds is 4. The van der Waals surface area contributed by atoms with Crippen molar-refractivity contribution in [1.29, 1.82) is 0 Å². The van der Waals surface area contributed by atoms with E-state index in [-0.39, 0.29) is 5.91 Å². The normalized spacial score (nSPS) is 10.6. The molecule has 6 heteroatoms. The highest BCUT2D eigenvalue weighted by atomic mass is 32.1. The van der Waals surface area contributed by atoms with Crippen molar-refractivity contribution in [2.75, 3.05) is 5.32 Å². The molecule has 1 amide bonds. The van der Waals surface area contributed by atoms with E-state index in [1.807, 2.05) is 66.0 Å². The maximum atomic E-state index is 12.3. The lowest BCUT2D eigenvalue weighted by molar-refractivity contribution is 0.103. The van der Waals surface area contributed by atoms with Crippen LogP contribution >= 0.6 is 11.3 Å². The summed E-state index contributed by atoms with van der Waals surface area (Å²) < 4.78 is 0. The van der Waals surface area contributed by atoms with Crippen molar-refractivity contribution >= 4 is 22.9 Å². The largest absolute Gasteiger partial charge is 0.321 e. The summed E-state index contributed by atoms with van der Waals surface area (Å²) in [6, 6.07) is 20.9. The quantitative estimate of drug-likeness (QED) is 0.573. The Morgan fingerprint density at radius 1 is 0.960 bits per heavy atom. The van der Waals surface area contributed by atoms with Gasteiger partial charge in [0.1, 0.15) is 0 Å². The molecule has 2 N–H and O–H groups in total. The van der Waals surface area contributed by atoms with Crippen LogP contribution < -0.4 is 5.32 Å². The summed E-state index contributed by atoms with van der Waals surface area (Å²) in [5.74, 6) is 1.10. The van der Waals surface area contributed by atoms with E-state index >= 15 is 0 Å². The summed E-state index contributed by atoms with van der Waals surface area (Å²) in [7, 11) is 0. The highest BCUT2D eigenvalue weighted by molar-refractivity contribution is 7.12. The van der Waals surface area contributed by atoms with Crippen molar-refractivity contribution in [3.8, 4) is 22.8 Å². The van der Waals surface area contributed by atoms with E-state index < -0.39 is 0 Å². The van der Waals surface area contributed by atoms with E-state index in [0.717, 1.165) is 11.1 Å². The van der Waals surface area contributed by atoms with E-state index in [2.05, 4.69) is 20.5 Å². The van der Waals surface area contributed by atoms with Crippen LogP contribution in [0.1, 0.15) is 9.67 Å². The van der Waals surface area contributed by atoms with Gasteiger partial charge >= 0.3 is 0 Å². The molecule has 25 heavy (non-hydrogen) atoms. The molecule has 0 bridgehead atoms. The Labute approximate surface area is 148 Å². The Morgan fingerprint density at radius 3 is 2.56 bits per heavy atom. The molecule has 2 aromatic carbocycles. The van der Waals surface area contributed by atoms with Crippen molar-refractivity contribution in [3.63, 3.8) is 0 Å². The van der Waals surface area contributed by atoms with Gasteiger partial charge in [-0.3, -0.25) is 9.89 Å². The predicted molar refractivity (Wildman–Crippen MR) is 99.5 cm³/mol. The van der Waals surface area contributed by atoms with Gasteiger partial charge in [0.25, 0.3) is 5.91 Å². The van der Waals surface area contributed by atoms with E-state index in [1.54, 1.807) is 6.07 Å². The van der Waals surface area contributed by atoms with E-state index in [0.29, 0.717) is 22.2 Å². The Balaban J connectivity index is 1.65. The molecule has 4 aromatic rings. The highest BCUT2D eigenvalue weighted by Gasteiger charge is 2.14. The Kier molecular flexibility index (Phi) is 4.10. The summed E-state index contributed by atoms with van der Waals surface area (Å²) in [6.45, 7) is 0. The zero-order chi connectivity index (χ0) is 17.1. The summed E-state index contributed by atoms with van der Waals surface area (Å²) in [5.41, 5.74) is 2.42. The second-order valence-electron chi connectivity index (χ2n) is 5.35. The molecule has 0 spiro atoms. The number of nitrogens with zero attached hydrogens (tertiary/aromatic N) is 2. The monoisotopic (exact) mass is 346 g/mol. The molecule has 0 unspecified atom stereocenters. The summed E-state index contributed by atoms with van der Waals surface area (Å²) in [5, 5.41) is 12.1. The third-order valence-electron chi connectivity index (χ3n) is 3.69. The highest BCUT2D eigenvalue weighted by Crippen LogP contribution is 2.27. The van der Waals surface area contributed by atoms with E-state index in [9.17, 15) is 4.79 Å². The topological polar surface area (TPSA) is 70.7 Å². The van der Waals surface area contributed by atoms with Gasteiger partial charge in [0.05, 0.1) is 10.6 Å². The SMILES string of the molecule is O=C(Nc1ccccc1-c1nc(-c2ccccc2)n[nH]1)c1cccs1. The fourth-order valence-corrected chi connectivity index (χ4v) is 3.11. The molecule has 0 aliphatic rings. The first-order chi connectivity index (χ1) is 12.3. The minimum Gasteiger partial charge on any atom is -0.321 e. The molecule has 122 valence electrons. The van der Waals surface area contributed by atoms with Crippen LogP contribution in [0.3, 0.4) is 0 Å². The first kappa shape index (κ1) is 15.3. The number of hydrogen-bond donors (Lipinski definition) is 2. The van der Waals surface area contributed by atoms with Crippen LogP contribution in [0.2, 0.25) is 0 Å². The maximum absolute atomic E-state index is 12.3. The molecular formula is C19H14N4OS. The molecule has 5 nitrogen and oxygen atoms in total. The number of aromatic amines is 1. The summed E-state index contributed by atoms with van der Waals surface area (Å²) in [6.07, 6.45) is 0. The van der Waals surface area contributed by atoms with Crippen molar-refractivity contribution in [2.45, 2.75) is 0 Å². The van der Waals surface area contributed by atoms with Gasteiger partial charge in [-0.05, 0) is 23.6 Å². The molecule has 0 aliphatic heterocycles. The number of thiophene rings is 1. The van der Waals surface area contributed by atoms with Crippen LogP contribution in [0.15, 0.2) is 72.1 Å². The lowest BCUT2D eigenvalue weighted by Gasteiger charge is -2.08. The van der Waals surface area contributed by atoms with Crippen LogP contribution in [0.25, 0.3) is 22.8 Å². The second-order valence-corrected chi connectivity index (χ2v) is 6.30. The van der Waals surface area contributed by atoms with Gasteiger partial charge in [-0.25, -0.2) is 4.98 Å². The first-order valence-corrected chi connectivity index (χ1v) is 8.61. The average Bonchev–Trinajstić information content (AvgIpc) is 3.35. The Hall–Kier alpha value is -3.25. The van der Waals surface area contributed by atoms with Gasteiger partial charge in [0.15, 0.2) is 11.6 Å². The number of anilines is 1. The zero-order valence-electron chi connectivity index (χ0n) is 13.1. The fourth-order valence-electron chi connectivity index (χ4n) is 2.49. The molecule has 4 rings (SSSR count). The van der Waals surface area contributed by atoms with Crippen LogP contribution in [0.4, 0.5) is 5.69 Å². The Morgan fingerprint density at radius 2 is 1.76 bits per heavy atom. The number of hydrogen-bond acceptors (Lipinski definition) is 4. The van der Waals surface area contributed by atoms with Gasteiger partial charge in [0, 0.05) is 11.1 Å². The molecule has 0 aliphatic carbocycles. The molecule has 2 heterocycles. The summed E-state index contributed by atoms with van der Waals surface area (Å²) in [4.78, 5) is 17.6. The maximum Gasteiger partial charge on any atom is 0.265 e. The smallest absolute Gasteiger partial charge is 0.265 e. The molecule has 0 fully saturated rings. The zero-order valence-corrected chi connectivity index (χ0v) is 14.0.